The first-order valence-electron chi connectivity index (χ1n) is 10.2. The monoisotopic (exact) mass is 346 g/mol. The Balaban J connectivity index is 2.20. The van der Waals surface area contributed by atoms with Gasteiger partial charge in [-0.3, -0.25) is 0 Å². The van der Waals surface area contributed by atoms with E-state index in [9.17, 15) is 0 Å². The molecule has 2 nitrogen and oxygen atoms in total. The molecule has 0 saturated heterocycles. The molecule has 1 aromatic rings. The number of ether oxygens (including phenoxy) is 2. The van der Waals surface area contributed by atoms with Crippen LogP contribution in [0.4, 0.5) is 0 Å². The SMILES string of the molecule is CCCCC(CC)COc1cc2c(cc1C)OC(C)(C)CC2C(C)C. The topological polar surface area (TPSA) is 18.5 Å². The average Bonchev–Trinajstić information content (AvgIpc) is 2.53. The van der Waals surface area contributed by atoms with Gasteiger partial charge in [0.1, 0.15) is 17.1 Å². The molecule has 1 aliphatic rings. The van der Waals surface area contributed by atoms with Crippen molar-refractivity contribution < 1.29 is 9.47 Å². The summed E-state index contributed by atoms with van der Waals surface area (Å²) in [5.41, 5.74) is 2.42. The second-order valence-corrected chi connectivity index (χ2v) is 8.80. The highest BCUT2D eigenvalue weighted by Crippen LogP contribution is 2.46. The van der Waals surface area contributed by atoms with Crippen LogP contribution in [0.2, 0.25) is 0 Å². The molecular weight excluding hydrogens is 308 g/mol. The molecule has 0 amide bonds. The zero-order valence-corrected chi connectivity index (χ0v) is 17.4. The summed E-state index contributed by atoms with van der Waals surface area (Å²) in [6.07, 6.45) is 6.08. The molecule has 1 aromatic carbocycles. The molecule has 2 unspecified atom stereocenters. The molecule has 0 aromatic heterocycles. The first kappa shape index (κ1) is 20.1. The van der Waals surface area contributed by atoms with E-state index in [4.69, 9.17) is 9.47 Å². The Morgan fingerprint density at radius 3 is 2.56 bits per heavy atom. The van der Waals surface area contributed by atoms with Crippen LogP contribution in [-0.2, 0) is 0 Å². The second-order valence-electron chi connectivity index (χ2n) is 8.80. The van der Waals surface area contributed by atoms with Crippen molar-refractivity contribution >= 4 is 0 Å². The summed E-state index contributed by atoms with van der Waals surface area (Å²) in [6.45, 7) is 16.5. The molecule has 2 atom stereocenters. The highest BCUT2D eigenvalue weighted by Gasteiger charge is 2.35. The molecule has 142 valence electrons. The Labute approximate surface area is 155 Å². The summed E-state index contributed by atoms with van der Waals surface area (Å²) >= 11 is 0. The third kappa shape index (κ3) is 5.15. The summed E-state index contributed by atoms with van der Waals surface area (Å²) in [7, 11) is 0. The highest BCUT2D eigenvalue weighted by atomic mass is 16.5. The quantitative estimate of drug-likeness (QED) is 0.510. The van der Waals surface area contributed by atoms with Gasteiger partial charge in [-0.2, -0.15) is 0 Å². The van der Waals surface area contributed by atoms with Crippen molar-refractivity contribution in [3.63, 3.8) is 0 Å². The fourth-order valence-electron chi connectivity index (χ4n) is 3.89. The lowest BCUT2D eigenvalue weighted by molar-refractivity contribution is 0.0636. The smallest absolute Gasteiger partial charge is 0.124 e. The molecule has 0 saturated carbocycles. The molecule has 0 bridgehead atoms. The summed E-state index contributed by atoms with van der Waals surface area (Å²) in [4.78, 5) is 0. The molecule has 25 heavy (non-hydrogen) atoms. The lowest BCUT2D eigenvalue weighted by Gasteiger charge is -2.39. The lowest BCUT2D eigenvalue weighted by Crippen LogP contribution is -2.36. The lowest BCUT2D eigenvalue weighted by atomic mass is 9.77. The van der Waals surface area contributed by atoms with E-state index in [1.165, 1.54) is 36.8 Å². The second kappa shape index (κ2) is 8.47. The van der Waals surface area contributed by atoms with E-state index in [2.05, 4.69) is 60.6 Å². The Morgan fingerprint density at radius 2 is 1.96 bits per heavy atom. The first-order chi connectivity index (χ1) is 11.8. The first-order valence-corrected chi connectivity index (χ1v) is 10.2. The van der Waals surface area contributed by atoms with E-state index >= 15 is 0 Å². The molecule has 0 fully saturated rings. The van der Waals surface area contributed by atoms with Gasteiger partial charge in [-0.15, -0.1) is 0 Å². The number of hydrogen-bond acceptors (Lipinski definition) is 2. The van der Waals surface area contributed by atoms with Crippen molar-refractivity contribution in [2.45, 2.75) is 92.1 Å². The maximum absolute atomic E-state index is 6.28. The van der Waals surface area contributed by atoms with Gasteiger partial charge in [-0.05, 0) is 69.1 Å². The molecule has 1 heterocycles. The minimum atomic E-state index is -0.0930. The number of rotatable bonds is 8. The van der Waals surface area contributed by atoms with Gasteiger partial charge in [0, 0.05) is 5.56 Å². The van der Waals surface area contributed by atoms with Crippen LogP contribution in [0.15, 0.2) is 12.1 Å². The maximum atomic E-state index is 6.28. The molecular formula is C23H38O2. The van der Waals surface area contributed by atoms with Gasteiger partial charge < -0.3 is 9.47 Å². The van der Waals surface area contributed by atoms with Crippen LogP contribution in [0.1, 0.15) is 90.7 Å². The Kier molecular flexibility index (Phi) is 6.82. The normalized spacial score (nSPS) is 20.1. The fourth-order valence-corrected chi connectivity index (χ4v) is 3.89. The van der Waals surface area contributed by atoms with Crippen LogP contribution >= 0.6 is 0 Å². The highest BCUT2D eigenvalue weighted by molar-refractivity contribution is 5.49. The van der Waals surface area contributed by atoms with Crippen molar-refractivity contribution in [2.24, 2.45) is 11.8 Å². The zero-order chi connectivity index (χ0) is 18.6. The van der Waals surface area contributed by atoms with E-state index in [0.717, 1.165) is 24.5 Å². The standard InChI is InChI=1S/C23H38O2/c1-8-10-11-18(9-2)15-24-21-13-19-20(16(3)4)14-23(6,7)25-22(19)12-17(21)5/h12-13,16,18,20H,8-11,14-15H2,1-7H3. The van der Waals surface area contributed by atoms with Gasteiger partial charge in [0.25, 0.3) is 0 Å². The van der Waals surface area contributed by atoms with Crippen molar-refractivity contribution in [3.05, 3.63) is 23.3 Å². The largest absolute Gasteiger partial charge is 0.493 e. The van der Waals surface area contributed by atoms with E-state index in [-0.39, 0.29) is 5.60 Å². The Morgan fingerprint density at radius 1 is 1.24 bits per heavy atom. The van der Waals surface area contributed by atoms with Crippen LogP contribution in [0.3, 0.4) is 0 Å². The van der Waals surface area contributed by atoms with Crippen molar-refractivity contribution in [3.8, 4) is 11.5 Å². The number of unbranched alkanes of at least 4 members (excludes halogenated alkanes) is 1. The Bertz CT molecular complexity index is 559. The zero-order valence-electron chi connectivity index (χ0n) is 17.4. The third-order valence-corrected chi connectivity index (χ3v) is 5.63. The number of fused-ring (bicyclic) bond motifs is 1. The summed E-state index contributed by atoms with van der Waals surface area (Å²) in [5, 5.41) is 0. The van der Waals surface area contributed by atoms with Gasteiger partial charge in [0.05, 0.1) is 6.61 Å². The van der Waals surface area contributed by atoms with Crippen LogP contribution in [0, 0.1) is 18.8 Å². The van der Waals surface area contributed by atoms with Crippen LogP contribution in [0.5, 0.6) is 11.5 Å². The van der Waals surface area contributed by atoms with Crippen molar-refractivity contribution in [1.82, 2.24) is 0 Å². The maximum Gasteiger partial charge on any atom is 0.124 e. The van der Waals surface area contributed by atoms with Gasteiger partial charge >= 0.3 is 0 Å². The predicted molar refractivity (Wildman–Crippen MR) is 107 cm³/mol. The van der Waals surface area contributed by atoms with Gasteiger partial charge in [-0.1, -0.05) is 47.0 Å². The van der Waals surface area contributed by atoms with E-state index < -0.39 is 0 Å². The molecule has 0 aliphatic carbocycles. The van der Waals surface area contributed by atoms with E-state index in [1.54, 1.807) is 0 Å². The van der Waals surface area contributed by atoms with Crippen molar-refractivity contribution in [1.29, 1.82) is 0 Å². The Hall–Kier alpha value is -1.18. The summed E-state index contributed by atoms with van der Waals surface area (Å²) < 4.78 is 12.6. The van der Waals surface area contributed by atoms with Crippen LogP contribution in [-0.4, -0.2) is 12.2 Å². The predicted octanol–water partition coefficient (Wildman–Crippen LogP) is 6.89. The fraction of sp³-hybridized carbons (Fsp3) is 0.739. The molecule has 0 N–H and O–H groups in total. The number of hydrogen-bond donors (Lipinski definition) is 0. The summed E-state index contributed by atoms with van der Waals surface area (Å²) in [5.74, 6) is 3.89. The average molecular weight is 347 g/mol. The third-order valence-electron chi connectivity index (χ3n) is 5.63. The summed E-state index contributed by atoms with van der Waals surface area (Å²) in [6, 6.07) is 4.45. The molecule has 1 aliphatic heterocycles. The molecule has 2 rings (SSSR count). The molecule has 0 spiro atoms. The van der Waals surface area contributed by atoms with Gasteiger partial charge in [0.15, 0.2) is 0 Å². The molecule has 2 heteroatoms. The number of benzene rings is 1. The molecule has 0 radical (unpaired) electrons. The van der Waals surface area contributed by atoms with Crippen LogP contribution in [0.25, 0.3) is 0 Å². The van der Waals surface area contributed by atoms with Crippen LogP contribution < -0.4 is 9.47 Å². The van der Waals surface area contributed by atoms with E-state index in [1.807, 2.05) is 0 Å². The van der Waals surface area contributed by atoms with Crippen molar-refractivity contribution in [2.75, 3.05) is 6.61 Å². The minimum absolute atomic E-state index is 0.0930. The van der Waals surface area contributed by atoms with E-state index in [0.29, 0.717) is 17.8 Å². The van der Waals surface area contributed by atoms with Gasteiger partial charge in [-0.25, -0.2) is 0 Å². The number of aryl methyl sites for hydroxylation is 1. The minimum Gasteiger partial charge on any atom is -0.493 e. The van der Waals surface area contributed by atoms with Gasteiger partial charge in [0.2, 0.25) is 0 Å².